The highest BCUT2D eigenvalue weighted by Crippen LogP contribution is 2.24. The summed E-state index contributed by atoms with van der Waals surface area (Å²) in [6.45, 7) is 3.13. The van der Waals surface area contributed by atoms with Crippen molar-refractivity contribution in [1.29, 1.82) is 0 Å². The quantitative estimate of drug-likeness (QED) is 0.794. The molecule has 0 atom stereocenters. The third kappa shape index (κ3) is 6.34. The Bertz CT molecular complexity index is 629. The van der Waals surface area contributed by atoms with Crippen LogP contribution >= 0.6 is 12.2 Å². The van der Waals surface area contributed by atoms with Gasteiger partial charge in [0.15, 0.2) is 5.11 Å². The van der Waals surface area contributed by atoms with Crippen LogP contribution < -0.4 is 10.1 Å². The predicted octanol–water partition coefficient (Wildman–Crippen LogP) is 1.99. The molecule has 10 heteroatoms. The summed E-state index contributed by atoms with van der Waals surface area (Å²) in [6.07, 6.45) is -4.71. The molecule has 144 valence electrons. The van der Waals surface area contributed by atoms with Gasteiger partial charge in [-0.05, 0) is 36.5 Å². The van der Waals surface area contributed by atoms with Crippen LogP contribution in [0.2, 0.25) is 0 Å². The van der Waals surface area contributed by atoms with E-state index in [-0.39, 0.29) is 11.7 Å². The van der Waals surface area contributed by atoms with Crippen molar-refractivity contribution < 1.29 is 22.7 Å². The molecule has 1 amide bonds. The molecule has 0 aliphatic carbocycles. The molecule has 2 rings (SSSR count). The molecule has 0 spiro atoms. The number of halogens is 3. The van der Waals surface area contributed by atoms with Crippen LogP contribution in [-0.4, -0.2) is 78.9 Å². The molecule has 0 bridgehead atoms. The van der Waals surface area contributed by atoms with Gasteiger partial charge in [-0.3, -0.25) is 9.69 Å². The first-order valence-corrected chi connectivity index (χ1v) is 8.39. The zero-order valence-corrected chi connectivity index (χ0v) is 15.4. The van der Waals surface area contributed by atoms with Gasteiger partial charge in [-0.1, -0.05) is 0 Å². The second-order valence-corrected chi connectivity index (χ2v) is 6.44. The summed E-state index contributed by atoms with van der Waals surface area (Å²) in [5.41, 5.74) is 0.578. The minimum absolute atomic E-state index is 0.0558. The van der Waals surface area contributed by atoms with Crippen molar-refractivity contribution in [3.8, 4) is 5.75 Å². The van der Waals surface area contributed by atoms with Crippen molar-refractivity contribution in [2.45, 2.75) is 6.36 Å². The lowest BCUT2D eigenvalue weighted by molar-refractivity contribution is -0.274. The van der Waals surface area contributed by atoms with Crippen LogP contribution in [0, 0.1) is 0 Å². The molecule has 1 aliphatic rings. The van der Waals surface area contributed by atoms with Crippen molar-refractivity contribution in [2.75, 3.05) is 52.1 Å². The van der Waals surface area contributed by atoms with E-state index in [4.69, 9.17) is 12.2 Å². The van der Waals surface area contributed by atoms with Crippen molar-refractivity contribution in [1.82, 2.24) is 14.7 Å². The smallest absolute Gasteiger partial charge is 0.406 e. The van der Waals surface area contributed by atoms with E-state index in [1.807, 2.05) is 4.90 Å². The number of carbonyl (C=O) groups excluding carboxylic acids is 1. The number of carbonyl (C=O) groups is 1. The molecule has 1 fully saturated rings. The Kier molecular flexibility index (Phi) is 6.65. The van der Waals surface area contributed by atoms with Gasteiger partial charge in [0.1, 0.15) is 5.75 Å². The van der Waals surface area contributed by atoms with Crippen LogP contribution in [0.1, 0.15) is 0 Å². The van der Waals surface area contributed by atoms with Crippen LogP contribution in [0.4, 0.5) is 18.9 Å². The van der Waals surface area contributed by atoms with Crippen LogP contribution in [0.25, 0.3) is 0 Å². The Hall–Kier alpha value is -2.07. The van der Waals surface area contributed by atoms with Crippen LogP contribution in [0.15, 0.2) is 24.3 Å². The standard InChI is InChI=1S/C16H21F3N4O2S/c1-21(2)14(24)11-22-7-9-23(10-8-22)15(26)20-12-3-5-13(6-4-12)25-16(17,18)19/h3-6H,7-11H2,1-2H3,(H,20,26). The lowest BCUT2D eigenvalue weighted by Crippen LogP contribution is -2.51. The number of amides is 1. The number of ether oxygens (including phenoxy) is 1. The summed E-state index contributed by atoms with van der Waals surface area (Å²) in [6, 6.07) is 5.39. The Labute approximate surface area is 155 Å². The first-order chi connectivity index (χ1) is 12.1. The van der Waals surface area contributed by atoms with Gasteiger partial charge in [0.25, 0.3) is 0 Å². The van der Waals surface area contributed by atoms with E-state index in [2.05, 4.69) is 15.0 Å². The van der Waals surface area contributed by atoms with Gasteiger partial charge in [-0.25, -0.2) is 0 Å². The molecule has 1 saturated heterocycles. The van der Waals surface area contributed by atoms with Crippen molar-refractivity contribution in [3.05, 3.63) is 24.3 Å². The summed E-state index contributed by atoms with van der Waals surface area (Å²) < 4.78 is 40.3. The summed E-state index contributed by atoms with van der Waals surface area (Å²) >= 11 is 5.35. The number of benzene rings is 1. The number of piperazine rings is 1. The number of anilines is 1. The number of likely N-dealkylation sites (N-methyl/N-ethyl adjacent to an activating group) is 1. The fourth-order valence-corrected chi connectivity index (χ4v) is 2.68. The summed E-state index contributed by atoms with van der Waals surface area (Å²) in [5.74, 6) is -0.228. The van der Waals surface area contributed by atoms with E-state index < -0.39 is 6.36 Å². The van der Waals surface area contributed by atoms with Gasteiger partial charge >= 0.3 is 6.36 Å². The van der Waals surface area contributed by atoms with E-state index in [9.17, 15) is 18.0 Å². The molecule has 1 heterocycles. The zero-order chi connectivity index (χ0) is 19.3. The molecule has 1 aromatic rings. The summed E-state index contributed by atoms with van der Waals surface area (Å²) in [4.78, 5) is 17.3. The number of nitrogens with one attached hydrogen (secondary N) is 1. The van der Waals surface area contributed by atoms with Crippen LogP contribution in [-0.2, 0) is 4.79 Å². The van der Waals surface area contributed by atoms with Gasteiger partial charge in [0, 0.05) is 46.0 Å². The van der Waals surface area contributed by atoms with E-state index in [0.29, 0.717) is 43.5 Å². The normalized spacial score (nSPS) is 15.5. The monoisotopic (exact) mass is 390 g/mol. The topological polar surface area (TPSA) is 48.1 Å². The van der Waals surface area contributed by atoms with Gasteiger partial charge in [0.2, 0.25) is 5.91 Å². The fourth-order valence-electron chi connectivity index (χ4n) is 2.38. The highest BCUT2D eigenvalue weighted by atomic mass is 32.1. The lowest BCUT2D eigenvalue weighted by Gasteiger charge is -2.36. The molecule has 0 aromatic heterocycles. The molecule has 1 aromatic carbocycles. The third-order valence-corrected chi connectivity index (χ3v) is 4.22. The minimum atomic E-state index is -4.71. The van der Waals surface area contributed by atoms with E-state index in [1.54, 1.807) is 19.0 Å². The van der Waals surface area contributed by atoms with Gasteiger partial charge in [-0.15, -0.1) is 13.2 Å². The Morgan fingerprint density at radius 3 is 2.27 bits per heavy atom. The maximum Gasteiger partial charge on any atom is 0.573 e. The molecule has 1 aliphatic heterocycles. The van der Waals surface area contributed by atoms with Gasteiger partial charge in [-0.2, -0.15) is 0 Å². The van der Waals surface area contributed by atoms with E-state index in [0.717, 1.165) is 0 Å². The molecule has 0 saturated carbocycles. The molecular weight excluding hydrogens is 369 g/mol. The maximum absolute atomic E-state index is 12.2. The van der Waals surface area contributed by atoms with Crippen molar-refractivity contribution in [2.24, 2.45) is 0 Å². The molecule has 6 nitrogen and oxygen atoms in total. The lowest BCUT2D eigenvalue weighted by atomic mass is 10.3. The fraction of sp³-hybridized carbons (Fsp3) is 0.500. The van der Waals surface area contributed by atoms with Crippen LogP contribution in [0.3, 0.4) is 0 Å². The van der Waals surface area contributed by atoms with Crippen LogP contribution in [0.5, 0.6) is 5.75 Å². The second kappa shape index (κ2) is 8.54. The first kappa shape index (κ1) is 20.2. The average Bonchev–Trinajstić information content (AvgIpc) is 2.56. The number of alkyl halides is 3. The Balaban J connectivity index is 1.81. The highest BCUT2D eigenvalue weighted by Gasteiger charge is 2.31. The molecular formula is C16H21F3N4O2S. The number of rotatable bonds is 4. The van der Waals surface area contributed by atoms with Gasteiger partial charge < -0.3 is 19.9 Å². The summed E-state index contributed by atoms with van der Waals surface area (Å²) in [7, 11) is 3.45. The summed E-state index contributed by atoms with van der Waals surface area (Å²) in [5, 5.41) is 3.50. The van der Waals surface area contributed by atoms with E-state index >= 15 is 0 Å². The van der Waals surface area contributed by atoms with Gasteiger partial charge in [0.05, 0.1) is 6.54 Å². The number of thiocarbonyl (C=S) groups is 1. The number of hydrogen-bond donors (Lipinski definition) is 1. The highest BCUT2D eigenvalue weighted by molar-refractivity contribution is 7.80. The average molecular weight is 390 g/mol. The zero-order valence-electron chi connectivity index (χ0n) is 14.5. The maximum atomic E-state index is 12.2. The number of hydrogen-bond acceptors (Lipinski definition) is 4. The first-order valence-electron chi connectivity index (χ1n) is 7.98. The SMILES string of the molecule is CN(C)C(=O)CN1CCN(C(=S)Nc2ccc(OC(F)(F)F)cc2)CC1. The minimum Gasteiger partial charge on any atom is -0.406 e. The molecule has 26 heavy (non-hydrogen) atoms. The predicted molar refractivity (Wildman–Crippen MR) is 96.1 cm³/mol. The second-order valence-electron chi connectivity index (χ2n) is 6.05. The molecule has 0 unspecified atom stereocenters. The molecule has 1 N–H and O–H groups in total. The Morgan fingerprint density at radius 1 is 1.19 bits per heavy atom. The number of nitrogens with zero attached hydrogens (tertiary/aromatic N) is 3. The Morgan fingerprint density at radius 2 is 1.77 bits per heavy atom. The molecule has 0 radical (unpaired) electrons. The van der Waals surface area contributed by atoms with Crippen molar-refractivity contribution >= 4 is 28.9 Å². The largest absolute Gasteiger partial charge is 0.573 e. The van der Waals surface area contributed by atoms with Crippen molar-refractivity contribution in [3.63, 3.8) is 0 Å². The third-order valence-electron chi connectivity index (χ3n) is 3.86. The van der Waals surface area contributed by atoms with E-state index in [1.165, 1.54) is 24.3 Å².